The second-order valence-corrected chi connectivity index (χ2v) is 8.09. The molecule has 2 aromatic heterocycles. The number of amides is 1. The number of benzene rings is 1. The summed E-state index contributed by atoms with van der Waals surface area (Å²) in [6.45, 7) is 6.28. The second-order valence-electron chi connectivity index (χ2n) is 8.09. The number of halogens is 3. The highest BCUT2D eigenvalue weighted by atomic mass is 19.4. The lowest BCUT2D eigenvalue weighted by Crippen LogP contribution is -2.54. The van der Waals surface area contributed by atoms with E-state index in [4.69, 9.17) is 4.74 Å². The van der Waals surface area contributed by atoms with E-state index < -0.39 is 11.7 Å². The summed E-state index contributed by atoms with van der Waals surface area (Å²) >= 11 is 0. The van der Waals surface area contributed by atoms with Gasteiger partial charge in [0, 0.05) is 43.3 Å². The lowest BCUT2D eigenvalue weighted by atomic mass is 10.0. The summed E-state index contributed by atoms with van der Waals surface area (Å²) in [5, 5.41) is 4.17. The van der Waals surface area contributed by atoms with Crippen molar-refractivity contribution in [2.45, 2.75) is 26.1 Å². The fourth-order valence-corrected chi connectivity index (χ4v) is 3.59. The number of pyridine rings is 2. The lowest BCUT2D eigenvalue weighted by Gasteiger charge is -2.35. The molecule has 4 rings (SSSR count). The van der Waals surface area contributed by atoms with Crippen molar-refractivity contribution in [1.29, 1.82) is 0 Å². The minimum atomic E-state index is -4.45. The SMILES string of the molecule is CC(C)[C@@H]1CN(C(=O)c2ccc3cc(Oc4ccc(C(F)(F)F)cn4)ccc3n2)CCN1. The third-order valence-corrected chi connectivity index (χ3v) is 5.46. The standard InChI is InChI=1S/C23H23F3N4O2/c1-14(2)20-13-30(10-9-27-20)22(31)19-6-3-15-11-17(5-7-18(15)29-19)32-21-8-4-16(12-28-21)23(24,25)26/h3-8,11-12,14,20,27H,9-10,13H2,1-2H3/t20-/m0/s1. The van der Waals surface area contributed by atoms with Crippen LogP contribution in [0, 0.1) is 5.92 Å². The fraction of sp³-hybridized carbons (Fsp3) is 0.348. The predicted octanol–water partition coefficient (Wildman–Crippen LogP) is 4.51. The molecule has 0 radical (unpaired) electrons. The maximum absolute atomic E-state index is 12.9. The summed E-state index contributed by atoms with van der Waals surface area (Å²) in [6, 6.07) is 10.9. The summed E-state index contributed by atoms with van der Waals surface area (Å²) in [5.74, 6) is 0.782. The van der Waals surface area contributed by atoms with Crippen LogP contribution in [0.1, 0.15) is 29.9 Å². The van der Waals surface area contributed by atoms with E-state index in [1.807, 2.05) is 4.90 Å². The number of piperazine rings is 1. The molecule has 1 fully saturated rings. The third-order valence-electron chi connectivity index (χ3n) is 5.46. The maximum atomic E-state index is 12.9. The molecule has 32 heavy (non-hydrogen) atoms. The van der Waals surface area contributed by atoms with Gasteiger partial charge in [-0.05, 0) is 36.2 Å². The van der Waals surface area contributed by atoms with Crippen LogP contribution in [0.3, 0.4) is 0 Å². The lowest BCUT2D eigenvalue weighted by molar-refractivity contribution is -0.137. The first-order chi connectivity index (χ1) is 15.2. The van der Waals surface area contributed by atoms with Crippen molar-refractivity contribution in [3.63, 3.8) is 0 Å². The zero-order valence-corrected chi connectivity index (χ0v) is 17.7. The average Bonchev–Trinajstić information content (AvgIpc) is 2.78. The molecule has 0 bridgehead atoms. The quantitative estimate of drug-likeness (QED) is 0.641. The van der Waals surface area contributed by atoms with Gasteiger partial charge in [-0.25, -0.2) is 9.97 Å². The molecule has 1 aliphatic rings. The number of aromatic nitrogens is 2. The summed E-state index contributed by atoms with van der Waals surface area (Å²) in [6.07, 6.45) is -3.72. The first-order valence-electron chi connectivity index (χ1n) is 10.4. The normalized spacial score (nSPS) is 17.1. The molecule has 0 unspecified atom stereocenters. The van der Waals surface area contributed by atoms with Crippen LogP contribution in [0.25, 0.3) is 10.9 Å². The molecule has 1 atom stereocenters. The molecule has 1 aliphatic heterocycles. The van der Waals surface area contributed by atoms with Crippen molar-refractivity contribution < 1.29 is 22.7 Å². The Morgan fingerprint density at radius 2 is 2.00 bits per heavy atom. The van der Waals surface area contributed by atoms with E-state index >= 15 is 0 Å². The Balaban J connectivity index is 1.49. The second kappa shape index (κ2) is 8.74. The van der Waals surface area contributed by atoms with Gasteiger partial charge in [0.1, 0.15) is 11.4 Å². The Hall–Kier alpha value is -3.20. The number of carbonyl (C=O) groups excluding carboxylic acids is 1. The molecule has 1 N–H and O–H groups in total. The molecule has 0 saturated carbocycles. The van der Waals surface area contributed by atoms with E-state index in [0.717, 1.165) is 24.2 Å². The van der Waals surface area contributed by atoms with Crippen LogP contribution in [0.5, 0.6) is 11.6 Å². The van der Waals surface area contributed by atoms with Crippen molar-refractivity contribution in [1.82, 2.24) is 20.2 Å². The highest BCUT2D eigenvalue weighted by Gasteiger charge is 2.31. The number of hydrogen-bond acceptors (Lipinski definition) is 5. The highest BCUT2D eigenvalue weighted by molar-refractivity contribution is 5.95. The predicted molar refractivity (Wildman–Crippen MR) is 114 cm³/mol. The number of alkyl halides is 3. The van der Waals surface area contributed by atoms with Crippen molar-refractivity contribution >= 4 is 16.8 Å². The summed E-state index contributed by atoms with van der Waals surface area (Å²) in [7, 11) is 0. The van der Waals surface area contributed by atoms with E-state index in [9.17, 15) is 18.0 Å². The van der Waals surface area contributed by atoms with Gasteiger partial charge in [0.15, 0.2) is 0 Å². The number of ether oxygens (including phenoxy) is 1. The summed E-state index contributed by atoms with van der Waals surface area (Å²) in [4.78, 5) is 23.0. The number of hydrogen-bond donors (Lipinski definition) is 1. The van der Waals surface area contributed by atoms with E-state index in [1.54, 1.807) is 30.3 Å². The van der Waals surface area contributed by atoms with Gasteiger partial charge in [-0.15, -0.1) is 0 Å². The smallest absolute Gasteiger partial charge is 0.417 e. The van der Waals surface area contributed by atoms with Crippen molar-refractivity contribution in [3.8, 4) is 11.6 Å². The highest BCUT2D eigenvalue weighted by Crippen LogP contribution is 2.30. The van der Waals surface area contributed by atoms with E-state index in [2.05, 4.69) is 29.1 Å². The molecule has 1 saturated heterocycles. The van der Waals surface area contributed by atoms with Gasteiger partial charge in [-0.1, -0.05) is 19.9 Å². The molecule has 9 heteroatoms. The molecule has 1 amide bonds. The van der Waals surface area contributed by atoms with Gasteiger partial charge in [-0.2, -0.15) is 13.2 Å². The van der Waals surface area contributed by atoms with Crippen LogP contribution >= 0.6 is 0 Å². The van der Waals surface area contributed by atoms with Gasteiger partial charge in [-0.3, -0.25) is 4.79 Å². The number of rotatable bonds is 4. The number of nitrogens with zero attached hydrogens (tertiary/aromatic N) is 3. The molecule has 0 aliphatic carbocycles. The number of nitrogens with one attached hydrogen (secondary N) is 1. The zero-order valence-electron chi connectivity index (χ0n) is 17.7. The van der Waals surface area contributed by atoms with Crippen LogP contribution < -0.4 is 10.1 Å². The van der Waals surface area contributed by atoms with Crippen molar-refractivity contribution in [2.75, 3.05) is 19.6 Å². The minimum Gasteiger partial charge on any atom is -0.439 e. The molecule has 3 aromatic rings. The summed E-state index contributed by atoms with van der Waals surface area (Å²) in [5.41, 5.74) is 0.160. The Labute approximate surface area is 183 Å². The Morgan fingerprint density at radius 1 is 1.19 bits per heavy atom. The minimum absolute atomic E-state index is 0.0514. The molecular weight excluding hydrogens is 421 g/mol. The van der Waals surface area contributed by atoms with Gasteiger partial charge in [0.2, 0.25) is 5.88 Å². The summed E-state index contributed by atoms with van der Waals surface area (Å²) < 4.78 is 43.6. The molecule has 168 valence electrons. The van der Waals surface area contributed by atoms with Crippen molar-refractivity contribution in [3.05, 3.63) is 59.9 Å². The van der Waals surface area contributed by atoms with E-state index in [0.29, 0.717) is 36.0 Å². The molecular formula is C23H23F3N4O2. The molecule has 6 nitrogen and oxygen atoms in total. The number of carbonyl (C=O) groups is 1. The van der Waals surface area contributed by atoms with Gasteiger partial charge in [0.05, 0.1) is 11.1 Å². The van der Waals surface area contributed by atoms with Gasteiger partial charge in [0.25, 0.3) is 5.91 Å². The molecule has 0 spiro atoms. The van der Waals surface area contributed by atoms with E-state index in [-0.39, 0.29) is 17.8 Å². The van der Waals surface area contributed by atoms with Gasteiger partial charge >= 0.3 is 6.18 Å². The first-order valence-corrected chi connectivity index (χ1v) is 10.4. The maximum Gasteiger partial charge on any atom is 0.417 e. The van der Waals surface area contributed by atoms with Crippen LogP contribution in [0.4, 0.5) is 13.2 Å². The Bertz CT molecular complexity index is 1120. The van der Waals surface area contributed by atoms with Crippen LogP contribution in [-0.4, -0.2) is 46.5 Å². The van der Waals surface area contributed by atoms with Gasteiger partial charge < -0.3 is 15.0 Å². The van der Waals surface area contributed by atoms with Crippen LogP contribution in [0.2, 0.25) is 0 Å². The monoisotopic (exact) mass is 444 g/mol. The van der Waals surface area contributed by atoms with Crippen molar-refractivity contribution in [2.24, 2.45) is 5.92 Å². The average molecular weight is 444 g/mol. The largest absolute Gasteiger partial charge is 0.439 e. The number of fused-ring (bicyclic) bond motifs is 1. The Morgan fingerprint density at radius 3 is 2.69 bits per heavy atom. The Kier molecular flexibility index (Phi) is 6.01. The van der Waals surface area contributed by atoms with E-state index in [1.165, 1.54) is 6.07 Å². The molecule has 3 heterocycles. The topological polar surface area (TPSA) is 67.4 Å². The zero-order chi connectivity index (χ0) is 22.9. The fourth-order valence-electron chi connectivity index (χ4n) is 3.59. The molecule has 1 aromatic carbocycles. The van der Waals surface area contributed by atoms with Crippen LogP contribution in [0.15, 0.2) is 48.7 Å². The van der Waals surface area contributed by atoms with Crippen LogP contribution in [-0.2, 0) is 6.18 Å². The third kappa shape index (κ3) is 4.83. The first kappa shape index (κ1) is 22.0.